The first kappa shape index (κ1) is 15.2. The zero-order chi connectivity index (χ0) is 14.7. The molecule has 0 N–H and O–H groups in total. The van der Waals surface area contributed by atoms with Crippen LogP contribution in [-0.4, -0.2) is 43.4 Å². The van der Waals surface area contributed by atoms with Gasteiger partial charge in [-0.3, -0.25) is 0 Å². The van der Waals surface area contributed by atoms with Crippen molar-refractivity contribution in [2.45, 2.75) is 54.7 Å². The maximum absolute atomic E-state index is 2.74. The summed E-state index contributed by atoms with van der Waals surface area (Å²) in [6.07, 6.45) is 8.29. The Kier molecular flexibility index (Phi) is 5.12. The quantitative estimate of drug-likeness (QED) is 0.821. The fourth-order valence-corrected chi connectivity index (χ4v) is 5.24. The maximum atomic E-state index is 2.74. The van der Waals surface area contributed by atoms with E-state index >= 15 is 0 Å². The number of anilines is 1. The van der Waals surface area contributed by atoms with Crippen LogP contribution in [0.4, 0.5) is 5.69 Å². The predicted molar refractivity (Wildman–Crippen MR) is 93.5 cm³/mol. The molecule has 116 valence electrons. The molecule has 2 aliphatic rings. The minimum absolute atomic E-state index is 0.759. The monoisotopic (exact) mass is 304 g/mol. The van der Waals surface area contributed by atoms with Crippen LogP contribution in [0.5, 0.6) is 0 Å². The third kappa shape index (κ3) is 3.57. The average Bonchev–Trinajstić information content (AvgIpc) is 2.71. The highest BCUT2D eigenvalue weighted by molar-refractivity contribution is 8.00. The number of fused-ring (bicyclic) bond motifs is 2. The third-order valence-electron chi connectivity index (χ3n) is 4.78. The van der Waals surface area contributed by atoms with Gasteiger partial charge >= 0.3 is 0 Å². The summed E-state index contributed by atoms with van der Waals surface area (Å²) < 4.78 is 0. The van der Waals surface area contributed by atoms with Crippen LogP contribution in [0.3, 0.4) is 0 Å². The molecule has 1 saturated carbocycles. The summed E-state index contributed by atoms with van der Waals surface area (Å²) >= 11 is 2.15. The van der Waals surface area contributed by atoms with E-state index in [0.717, 1.165) is 11.3 Å². The predicted octanol–water partition coefficient (Wildman–Crippen LogP) is 4.25. The lowest BCUT2D eigenvalue weighted by Crippen LogP contribution is -2.45. The Morgan fingerprint density at radius 2 is 1.95 bits per heavy atom. The average molecular weight is 305 g/mol. The summed E-state index contributed by atoms with van der Waals surface area (Å²) in [6.45, 7) is 2.39. The molecular formula is C18H28N2S. The summed E-state index contributed by atoms with van der Waals surface area (Å²) in [6, 6.07) is 9.81. The summed E-state index contributed by atoms with van der Waals surface area (Å²) in [4.78, 5) is 6.55. The molecule has 1 aliphatic heterocycles. The molecule has 1 aliphatic carbocycles. The fraction of sp³-hybridized carbons (Fsp3) is 0.667. The lowest BCUT2D eigenvalue weighted by molar-refractivity contribution is 0.393. The molecule has 21 heavy (non-hydrogen) atoms. The molecule has 3 rings (SSSR count). The molecule has 3 heteroatoms. The van der Waals surface area contributed by atoms with Gasteiger partial charge in [0.1, 0.15) is 0 Å². The van der Waals surface area contributed by atoms with Gasteiger partial charge in [-0.15, -0.1) is 11.8 Å². The Hall–Kier alpha value is -0.670. The van der Waals surface area contributed by atoms with Crippen molar-refractivity contribution in [3.63, 3.8) is 0 Å². The van der Waals surface area contributed by atoms with Crippen molar-refractivity contribution < 1.29 is 0 Å². The van der Waals surface area contributed by atoms with Gasteiger partial charge in [0, 0.05) is 22.7 Å². The van der Waals surface area contributed by atoms with E-state index in [1.807, 2.05) is 0 Å². The molecule has 2 atom stereocenters. The van der Waals surface area contributed by atoms with E-state index in [4.69, 9.17) is 0 Å². The lowest BCUT2D eigenvalue weighted by atomic mass is 10.0. The minimum Gasteiger partial charge on any atom is -0.366 e. The van der Waals surface area contributed by atoms with Crippen molar-refractivity contribution in [3.05, 3.63) is 24.3 Å². The summed E-state index contributed by atoms with van der Waals surface area (Å²) in [5, 5.41) is 0.807. The van der Waals surface area contributed by atoms with Gasteiger partial charge in [0.15, 0.2) is 0 Å². The number of hydrogen-bond acceptors (Lipinski definition) is 3. The molecule has 0 bridgehead atoms. The van der Waals surface area contributed by atoms with Crippen LogP contribution in [-0.2, 0) is 0 Å². The first-order valence-electron chi connectivity index (χ1n) is 8.43. The Labute approximate surface area is 133 Å². The number of benzene rings is 1. The van der Waals surface area contributed by atoms with Crippen LogP contribution >= 0.6 is 11.8 Å². The third-order valence-corrected chi connectivity index (χ3v) is 6.23. The van der Waals surface area contributed by atoms with E-state index in [2.05, 4.69) is 59.9 Å². The highest BCUT2D eigenvalue weighted by atomic mass is 32.2. The van der Waals surface area contributed by atoms with Crippen LogP contribution in [0.1, 0.15) is 38.5 Å². The normalized spacial score (nSPS) is 25.4. The second-order valence-corrected chi connectivity index (χ2v) is 7.96. The van der Waals surface area contributed by atoms with Crippen LogP contribution in [0.25, 0.3) is 0 Å². The number of nitrogens with zero attached hydrogens (tertiary/aromatic N) is 2. The molecule has 1 heterocycles. The smallest absolute Gasteiger partial charge is 0.0507 e. The first-order chi connectivity index (χ1) is 10.3. The number of rotatable bonds is 4. The standard InChI is InChI=1S/C18H28N2S/c1-19(2)13-8-14-20-15-9-4-3-5-11-17(15)21-18-12-7-6-10-16(18)20/h6-7,10,12,15,17H,3-5,8-9,11,13-14H2,1-2H3/t15-,17-/m1/s1. The fourth-order valence-electron chi connectivity index (χ4n) is 3.73. The van der Waals surface area contributed by atoms with E-state index in [1.54, 1.807) is 0 Å². The molecule has 0 radical (unpaired) electrons. The van der Waals surface area contributed by atoms with Crippen molar-refractivity contribution in [2.24, 2.45) is 0 Å². The molecule has 2 nitrogen and oxygen atoms in total. The van der Waals surface area contributed by atoms with E-state index in [1.165, 1.54) is 62.2 Å². The van der Waals surface area contributed by atoms with Gasteiger partial charge < -0.3 is 9.80 Å². The van der Waals surface area contributed by atoms with Crippen LogP contribution in [0.15, 0.2) is 29.2 Å². The van der Waals surface area contributed by atoms with Gasteiger partial charge in [-0.05, 0) is 52.0 Å². The zero-order valence-corrected chi connectivity index (χ0v) is 14.2. The van der Waals surface area contributed by atoms with Crippen LogP contribution in [0, 0.1) is 0 Å². The van der Waals surface area contributed by atoms with Gasteiger partial charge in [-0.25, -0.2) is 0 Å². The minimum atomic E-state index is 0.759. The van der Waals surface area contributed by atoms with Gasteiger partial charge in [0.05, 0.1) is 5.69 Å². The van der Waals surface area contributed by atoms with Crippen LogP contribution < -0.4 is 4.90 Å². The highest BCUT2D eigenvalue weighted by Crippen LogP contribution is 2.45. The second kappa shape index (κ2) is 7.06. The number of thioether (sulfide) groups is 1. The van der Waals surface area contributed by atoms with Gasteiger partial charge in [-0.1, -0.05) is 31.4 Å². The zero-order valence-electron chi connectivity index (χ0n) is 13.4. The largest absolute Gasteiger partial charge is 0.366 e. The van der Waals surface area contributed by atoms with Crippen molar-refractivity contribution in [1.82, 2.24) is 4.90 Å². The molecular weight excluding hydrogens is 276 g/mol. The number of hydrogen-bond donors (Lipinski definition) is 0. The number of para-hydroxylation sites is 1. The van der Waals surface area contributed by atoms with Crippen molar-refractivity contribution in [2.75, 3.05) is 32.1 Å². The van der Waals surface area contributed by atoms with Gasteiger partial charge in [0.2, 0.25) is 0 Å². The van der Waals surface area contributed by atoms with E-state index in [0.29, 0.717) is 0 Å². The molecule has 1 aromatic rings. The Morgan fingerprint density at radius 1 is 1.14 bits per heavy atom. The highest BCUT2D eigenvalue weighted by Gasteiger charge is 2.34. The second-order valence-electron chi connectivity index (χ2n) is 6.68. The summed E-state index contributed by atoms with van der Waals surface area (Å²) in [5.41, 5.74) is 1.49. The first-order valence-corrected chi connectivity index (χ1v) is 9.31. The van der Waals surface area contributed by atoms with E-state index in [-0.39, 0.29) is 0 Å². The van der Waals surface area contributed by atoms with Crippen molar-refractivity contribution >= 4 is 17.4 Å². The molecule has 0 spiro atoms. The van der Waals surface area contributed by atoms with Crippen molar-refractivity contribution in [1.29, 1.82) is 0 Å². The molecule has 0 amide bonds. The lowest BCUT2D eigenvalue weighted by Gasteiger charge is -2.43. The molecule has 0 saturated heterocycles. The summed E-state index contributed by atoms with van der Waals surface area (Å²) in [5.74, 6) is 0. The molecule has 1 aromatic carbocycles. The maximum Gasteiger partial charge on any atom is 0.0507 e. The Balaban J connectivity index is 1.81. The van der Waals surface area contributed by atoms with Gasteiger partial charge in [-0.2, -0.15) is 0 Å². The van der Waals surface area contributed by atoms with Gasteiger partial charge in [0.25, 0.3) is 0 Å². The van der Waals surface area contributed by atoms with Crippen molar-refractivity contribution in [3.8, 4) is 0 Å². The molecule has 1 fully saturated rings. The Morgan fingerprint density at radius 3 is 2.81 bits per heavy atom. The van der Waals surface area contributed by atoms with E-state index < -0.39 is 0 Å². The molecule has 0 unspecified atom stereocenters. The Bertz CT molecular complexity index is 460. The van der Waals surface area contributed by atoms with E-state index in [9.17, 15) is 0 Å². The topological polar surface area (TPSA) is 6.48 Å². The SMILES string of the molecule is CN(C)CCCN1c2ccccc2S[C@@H]2CCCCC[C@H]21. The summed E-state index contributed by atoms with van der Waals surface area (Å²) in [7, 11) is 4.35. The van der Waals surface area contributed by atoms with Crippen LogP contribution in [0.2, 0.25) is 0 Å². The molecule has 0 aromatic heterocycles.